The second-order valence-corrected chi connectivity index (χ2v) is 10.1. The molecule has 0 bridgehead atoms. The van der Waals surface area contributed by atoms with Gasteiger partial charge in [0, 0.05) is 12.5 Å². The molecule has 0 heterocycles. The average molecular weight is 451 g/mol. The number of rotatable bonds is 7. The van der Waals surface area contributed by atoms with Gasteiger partial charge in [0.2, 0.25) is 5.91 Å². The molecule has 33 heavy (non-hydrogen) atoms. The third kappa shape index (κ3) is 4.87. The van der Waals surface area contributed by atoms with Crippen LogP contribution in [0.5, 0.6) is 0 Å². The van der Waals surface area contributed by atoms with Crippen molar-refractivity contribution in [3.63, 3.8) is 0 Å². The Kier molecular flexibility index (Phi) is 5.91. The molecule has 2 aliphatic rings. The van der Waals surface area contributed by atoms with Gasteiger partial charge in [-0.1, -0.05) is 69.3 Å². The van der Waals surface area contributed by atoms with Crippen LogP contribution in [0.15, 0.2) is 48.5 Å². The van der Waals surface area contributed by atoms with Crippen LogP contribution in [0.1, 0.15) is 50.7 Å². The first kappa shape index (κ1) is 22.8. The van der Waals surface area contributed by atoms with Gasteiger partial charge < -0.3 is 20.1 Å². The Morgan fingerprint density at radius 1 is 1.03 bits per heavy atom. The van der Waals surface area contributed by atoms with E-state index in [9.17, 15) is 19.5 Å². The Morgan fingerprint density at radius 2 is 1.58 bits per heavy atom. The van der Waals surface area contributed by atoms with Crippen LogP contribution in [0.4, 0.5) is 4.79 Å². The van der Waals surface area contributed by atoms with Crippen molar-refractivity contribution in [3.05, 3.63) is 59.7 Å². The normalized spacial score (nSPS) is 15.8. The second-order valence-electron chi connectivity index (χ2n) is 10.1. The SMILES string of the molecule is CC(C)(C)CN(CC(=O)O)C(=O)C1(NC(=O)OCC2c3ccccc3-c3ccccc32)CC1. The molecule has 7 nitrogen and oxygen atoms in total. The number of hydrogen-bond acceptors (Lipinski definition) is 4. The summed E-state index contributed by atoms with van der Waals surface area (Å²) in [5, 5.41) is 12.0. The molecule has 2 aliphatic carbocycles. The number of hydrogen-bond donors (Lipinski definition) is 2. The number of carboxylic acid groups (broad SMARTS) is 1. The number of alkyl carbamates (subject to hydrolysis) is 1. The first-order chi connectivity index (χ1) is 15.6. The van der Waals surface area contributed by atoms with Gasteiger partial charge in [0.05, 0.1) is 0 Å². The lowest BCUT2D eigenvalue weighted by atomic mass is 9.95. The van der Waals surface area contributed by atoms with Gasteiger partial charge >= 0.3 is 12.1 Å². The summed E-state index contributed by atoms with van der Waals surface area (Å²) in [6.45, 7) is 5.86. The number of carbonyl (C=O) groups is 3. The minimum absolute atomic E-state index is 0.0709. The molecule has 0 atom stereocenters. The zero-order chi connectivity index (χ0) is 23.8. The van der Waals surface area contributed by atoms with Crippen LogP contribution in [0.3, 0.4) is 0 Å². The molecule has 0 aromatic heterocycles. The number of carbonyl (C=O) groups excluding carboxylic acids is 2. The van der Waals surface area contributed by atoms with E-state index in [1.54, 1.807) is 0 Å². The summed E-state index contributed by atoms with van der Waals surface area (Å²) >= 11 is 0. The van der Waals surface area contributed by atoms with Crippen molar-refractivity contribution in [2.24, 2.45) is 5.41 Å². The minimum Gasteiger partial charge on any atom is -0.480 e. The zero-order valence-corrected chi connectivity index (χ0v) is 19.3. The van der Waals surface area contributed by atoms with E-state index < -0.39 is 24.1 Å². The van der Waals surface area contributed by atoms with Crippen LogP contribution in [-0.4, -0.2) is 53.2 Å². The standard InChI is InChI=1S/C26H30N2O5/c1-25(2,3)16-28(14-22(29)30)23(31)26(12-13-26)27-24(32)33-15-21-19-10-6-4-8-17(19)18-9-5-7-11-20(18)21/h4-11,21H,12-16H2,1-3H3,(H,27,32)(H,29,30). The maximum atomic E-state index is 13.2. The van der Waals surface area contributed by atoms with Gasteiger partial charge in [-0.2, -0.15) is 0 Å². The predicted molar refractivity (Wildman–Crippen MR) is 124 cm³/mol. The molecular weight excluding hydrogens is 420 g/mol. The topological polar surface area (TPSA) is 95.9 Å². The maximum absolute atomic E-state index is 13.2. The maximum Gasteiger partial charge on any atom is 0.408 e. The Morgan fingerprint density at radius 3 is 2.06 bits per heavy atom. The first-order valence-corrected chi connectivity index (χ1v) is 11.2. The second kappa shape index (κ2) is 8.54. The van der Waals surface area contributed by atoms with E-state index in [2.05, 4.69) is 17.4 Å². The highest BCUT2D eigenvalue weighted by molar-refractivity contribution is 5.94. The van der Waals surface area contributed by atoms with Crippen LogP contribution in [0.25, 0.3) is 11.1 Å². The van der Waals surface area contributed by atoms with Crippen molar-refractivity contribution < 1.29 is 24.2 Å². The van der Waals surface area contributed by atoms with Crippen LogP contribution in [0, 0.1) is 5.41 Å². The number of benzene rings is 2. The van der Waals surface area contributed by atoms with E-state index in [0.29, 0.717) is 12.8 Å². The van der Waals surface area contributed by atoms with E-state index in [0.717, 1.165) is 22.3 Å². The highest BCUT2D eigenvalue weighted by atomic mass is 16.5. The van der Waals surface area contributed by atoms with Gasteiger partial charge in [0.15, 0.2) is 0 Å². The number of carboxylic acids is 1. The molecule has 0 aliphatic heterocycles. The van der Waals surface area contributed by atoms with Gasteiger partial charge in [-0.05, 0) is 40.5 Å². The van der Waals surface area contributed by atoms with Crippen LogP contribution in [-0.2, 0) is 14.3 Å². The molecule has 0 unspecified atom stereocenters. The Labute approximate surface area is 193 Å². The number of amides is 2. The monoisotopic (exact) mass is 450 g/mol. The van der Waals surface area contributed by atoms with Crippen molar-refractivity contribution in [1.29, 1.82) is 0 Å². The number of ether oxygens (including phenoxy) is 1. The summed E-state index contributed by atoms with van der Waals surface area (Å²) in [7, 11) is 0. The van der Waals surface area contributed by atoms with Gasteiger partial charge in [-0.25, -0.2) is 4.79 Å². The van der Waals surface area contributed by atoms with Crippen molar-refractivity contribution in [2.75, 3.05) is 19.7 Å². The largest absolute Gasteiger partial charge is 0.480 e. The van der Waals surface area contributed by atoms with Crippen LogP contribution < -0.4 is 5.32 Å². The molecular formula is C26H30N2O5. The molecule has 0 spiro atoms. The summed E-state index contributed by atoms with van der Waals surface area (Å²) in [6, 6.07) is 16.2. The number of nitrogens with zero attached hydrogens (tertiary/aromatic N) is 1. The Bertz CT molecular complexity index is 1040. The summed E-state index contributed by atoms with van der Waals surface area (Å²) in [5.74, 6) is -1.52. The molecule has 7 heteroatoms. The summed E-state index contributed by atoms with van der Waals surface area (Å²) in [5.41, 5.74) is 3.15. The smallest absolute Gasteiger partial charge is 0.408 e. The van der Waals surface area contributed by atoms with E-state index >= 15 is 0 Å². The molecule has 174 valence electrons. The third-order valence-electron chi connectivity index (χ3n) is 6.12. The fourth-order valence-electron chi connectivity index (χ4n) is 4.59. The lowest BCUT2D eigenvalue weighted by molar-refractivity contribution is -0.146. The van der Waals surface area contributed by atoms with Gasteiger partial charge in [0.25, 0.3) is 0 Å². The molecule has 2 amide bonds. The van der Waals surface area contributed by atoms with Crippen LogP contribution >= 0.6 is 0 Å². The lowest BCUT2D eigenvalue weighted by Gasteiger charge is -2.32. The van der Waals surface area contributed by atoms with Gasteiger partial charge in [-0.3, -0.25) is 9.59 Å². The molecule has 2 N–H and O–H groups in total. The van der Waals surface area contributed by atoms with E-state index in [1.807, 2.05) is 57.2 Å². The van der Waals surface area contributed by atoms with E-state index in [-0.39, 0.29) is 30.4 Å². The number of nitrogens with one attached hydrogen (secondary N) is 1. The quantitative estimate of drug-likeness (QED) is 0.664. The van der Waals surface area contributed by atoms with E-state index in [1.165, 1.54) is 4.90 Å². The Balaban J connectivity index is 1.43. The molecule has 0 radical (unpaired) electrons. The molecule has 0 saturated heterocycles. The molecule has 4 rings (SSSR count). The average Bonchev–Trinajstić information content (AvgIpc) is 3.45. The summed E-state index contributed by atoms with van der Waals surface area (Å²) in [4.78, 5) is 38.5. The molecule has 1 saturated carbocycles. The number of aliphatic carboxylic acids is 1. The van der Waals surface area contributed by atoms with Crippen LogP contribution in [0.2, 0.25) is 0 Å². The molecule has 2 aromatic carbocycles. The van der Waals surface area contributed by atoms with Crippen molar-refractivity contribution in [1.82, 2.24) is 10.2 Å². The van der Waals surface area contributed by atoms with Crippen molar-refractivity contribution in [2.45, 2.75) is 45.1 Å². The van der Waals surface area contributed by atoms with E-state index in [4.69, 9.17) is 4.74 Å². The van der Waals surface area contributed by atoms with Gasteiger partial charge in [-0.15, -0.1) is 0 Å². The highest BCUT2D eigenvalue weighted by Gasteiger charge is 2.54. The lowest BCUT2D eigenvalue weighted by Crippen LogP contribution is -2.53. The number of fused-ring (bicyclic) bond motifs is 3. The minimum atomic E-state index is -1.08. The fourth-order valence-corrected chi connectivity index (χ4v) is 4.59. The zero-order valence-electron chi connectivity index (χ0n) is 19.3. The van der Waals surface area contributed by atoms with Crippen molar-refractivity contribution >= 4 is 18.0 Å². The van der Waals surface area contributed by atoms with Crippen molar-refractivity contribution in [3.8, 4) is 11.1 Å². The highest BCUT2D eigenvalue weighted by Crippen LogP contribution is 2.44. The fraction of sp³-hybridized carbons (Fsp3) is 0.423. The molecule has 1 fully saturated rings. The summed E-state index contributed by atoms with van der Waals surface area (Å²) in [6.07, 6.45) is 0.279. The first-order valence-electron chi connectivity index (χ1n) is 11.2. The summed E-state index contributed by atoms with van der Waals surface area (Å²) < 4.78 is 5.59. The third-order valence-corrected chi connectivity index (χ3v) is 6.12. The van der Waals surface area contributed by atoms with Gasteiger partial charge in [0.1, 0.15) is 18.7 Å². The molecule has 2 aromatic rings. The Hall–Kier alpha value is -3.35. The predicted octanol–water partition coefficient (Wildman–Crippen LogP) is 4.02.